The first kappa shape index (κ1) is 9.09. The number of para-hydroxylation sites is 1. The lowest BCUT2D eigenvalue weighted by Crippen LogP contribution is -1.78. The van der Waals surface area contributed by atoms with Crippen LogP contribution in [0.2, 0.25) is 0 Å². The summed E-state index contributed by atoms with van der Waals surface area (Å²) in [6.45, 7) is 0. The summed E-state index contributed by atoms with van der Waals surface area (Å²) in [4.78, 5) is 7.34. The fourth-order valence-corrected chi connectivity index (χ4v) is 1.73. The SMILES string of the molecule is Fc1cccc2nc(-c3ccccc3)[nH]c12. The number of H-pyrrole nitrogens is 1. The van der Waals surface area contributed by atoms with Gasteiger partial charge < -0.3 is 4.98 Å². The van der Waals surface area contributed by atoms with Crippen LogP contribution in [0.5, 0.6) is 0 Å². The van der Waals surface area contributed by atoms with E-state index in [0.29, 0.717) is 16.9 Å². The summed E-state index contributed by atoms with van der Waals surface area (Å²) in [5.74, 6) is 0.424. The Morgan fingerprint density at radius 2 is 1.75 bits per heavy atom. The largest absolute Gasteiger partial charge is 0.336 e. The molecule has 2 nitrogen and oxygen atoms in total. The molecule has 0 aliphatic heterocycles. The molecule has 0 saturated carbocycles. The van der Waals surface area contributed by atoms with E-state index >= 15 is 0 Å². The van der Waals surface area contributed by atoms with Gasteiger partial charge in [0, 0.05) is 5.56 Å². The Bertz CT molecular complexity index is 629. The Morgan fingerprint density at radius 3 is 2.50 bits per heavy atom. The summed E-state index contributed by atoms with van der Waals surface area (Å²) < 4.78 is 13.4. The van der Waals surface area contributed by atoms with Gasteiger partial charge in [0.25, 0.3) is 0 Å². The maximum Gasteiger partial charge on any atom is 0.148 e. The van der Waals surface area contributed by atoms with Gasteiger partial charge in [0.15, 0.2) is 0 Å². The van der Waals surface area contributed by atoms with Crippen molar-refractivity contribution in [3.63, 3.8) is 0 Å². The van der Waals surface area contributed by atoms with E-state index in [0.717, 1.165) is 5.56 Å². The van der Waals surface area contributed by atoms with E-state index < -0.39 is 0 Å². The molecular formula is C13H9FN2. The van der Waals surface area contributed by atoms with Crippen LogP contribution in [0.1, 0.15) is 0 Å². The lowest BCUT2D eigenvalue weighted by atomic mass is 10.2. The molecular weight excluding hydrogens is 203 g/mol. The quantitative estimate of drug-likeness (QED) is 0.658. The molecule has 0 aliphatic carbocycles. The number of benzene rings is 2. The zero-order chi connectivity index (χ0) is 11.0. The van der Waals surface area contributed by atoms with Gasteiger partial charge >= 0.3 is 0 Å². The molecule has 0 saturated heterocycles. The number of hydrogen-bond acceptors (Lipinski definition) is 1. The Morgan fingerprint density at radius 1 is 0.938 bits per heavy atom. The van der Waals surface area contributed by atoms with Gasteiger partial charge in [0.1, 0.15) is 17.2 Å². The first-order valence-electron chi connectivity index (χ1n) is 5.04. The third-order valence-electron chi connectivity index (χ3n) is 2.51. The average Bonchev–Trinajstić information content (AvgIpc) is 2.76. The summed E-state index contributed by atoms with van der Waals surface area (Å²) in [6.07, 6.45) is 0. The number of aromatic amines is 1. The van der Waals surface area contributed by atoms with Crippen molar-refractivity contribution < 1.29 is 4.39 Å². The number of rotatable bonds is 1. The van der Waals surface area contributed by atoms with Crippen LogP contribution in [0, 0.1) is 5.82 Å². The van der Waals surface area contributed by atoms with Gasteiger partial charge in [0.2, 0.25) is 0 Å². The summed E-state index contributed by atoms with van der Waals surface area (Å²) in [5.41, 5.74) is 2.07. The van der Waals surface area contributed by atoms with Crippen molar-refractivity contribution in [3.05, 3.63) is 54.3 Å². The van der Waals surface area contributed by atoms with E-state index in [1.807, 2.05) is 30.3 Å². The topological polar surface area (TPSA) is 28.7 Å². The molecule has 1 heterocycles. The Balaban J connectivity index is 2.23. The Labute approximate surface area is 91.8 Å². The van der Waals surface area contributed by atoms with Crippen LogP contribution < -0.4 is 0 Å². The highest BCUT2D eigenvalue weighted by atomic mass is 19.1. The first-order chi connectivity index (χ1) is 7.84. The average molecular weight is 212 g/mol. The molecule has 0 unspecified atom stereocenters. The van der Waals surface area contributed by atoms with Crippen molar-refractivity contribution >= 4 is 11.0 Å². The van der Waals surface area contributed by atoms with Gasteiger partial charge in [-0.15, -0.1) is 0 Å². The highest BCUT2D eigenvalue weighted by Crippen LogP contribution is 2.21. The summed E-state index contributed by atoms with van der Waals surface area (Å²) in [6, 6.07) is 14.6. The summed E-state index contributed by atoms with van der Waals surface area (Å²) >= 11 is 0. The molecule has 3 rings (SSSR count). The second-order valence-corrected chi connectivity index (χ2v) is 3.59. The second-order valence-electron chi connectivity index (χ2n) is 3.59. The minimum atomic E-state index is -0.271. The molecule has 78 valence electrons. The number of hydrogen-bond donors (Lipinski definition) is 1. The molecule has 2 aromatic carbocycles. The predicted octanol–water partition coefficient (Wildman–Crippen LogP) is 3.37. The number of aromatic nitrogens is 2. The van der Waals surface area contributed by atoms with Crippen molar-refractivity contribution in [1.82, 2.24) is 9.97 Å². The normalized spacial score (nSPS) is 10.8. The Kier molecular flexibility index (Phi) is 1.96. The van der Waals surface area contributed by atoms with Crippen LogP contribution >= 0.6 is 0 Å². The first-order valence-corrected chi connectivity index (χ1v) is 5.04. The number of imidazole rings is 1. The zero-order valence-corrected chi connectivity index (χ0v) is 8.44. The highest BCUT2D eigenvalue weighted by Gasteiger charge is 2.07. The molecule has 0 radical (unpaired) electrons. The molecule has 0 spiro atoms. The van der Waals surface area contributed by atoms with E-state index in [9.17, 15) is 4.39 Å². The van der Waals surface area contributed by atoms with Crippen LogP contribution in [0.15, 0.2) is 48.5 Å². The molecule has 1 N–H and O–H groups in total. The van der Waals surface area contributed by atoms with E-state index in [2.05, 4.69) is 9.97 Å². The zero-order valence-electron chi connectivity index (χ0n) is 8.44. The molecule has 0 atom stereocenters. The van der Waals surface area contributed by atoms with Crippen LogP contribution in [0.3, 0.4) is 0 Å². The van der Waals surface area contributed by atoms with Crippen LogP contribution in [0.4, 0.5) is 4.39 Å². The molecule has 0 fully saturated rings. The molecule has 1 aromatic heterocycles. The van der Waals surface area contributed by atoms with E-state index in [1.54, 1.807) is 12.1 Å². The van der Waals surface area contributed by atoms with Crippen molar-refractivity contribution in [2.24, 2.45) is 0 Å². The fourth-order valence-electron chi connectivity index (χ4n) is 1.73. The van der Waals surface area contributed by atoms with Crippen molar-refractivity contribution in [2.45, 2.75) is 0 Å². The minimum absolute atomic E-state index is 0.271. The van der Waals surface area contributed by atoms with Crippen molar-refractivity contribution in [2.75, 3.05) is 0 Å². The lowest BCUT2D eigenvalue weighted by Gasteiger charge is -1.93. The van der Waals surface area contributed by atoms with Gasteiger partial charge in [-0.25, -0.2) is 9.37 Å². The minimum Gasteiger partial charge on any atom is -0.336 e. The van der Waals surface area contributed by atoms with Gasteiger partial charge in [0.05, 0.1) is 5.52 Å². The smallest absolute Gasteiger partial charge is 0.148 e. The molecule has 3 heteroatoms. The van der Waals surface area contributed by atoms with Gasteiger partial charge in [-0.1, -0.05) is 36.4 Å². The number of fused-ring (bicyclic) bond motifs is 1. The maximum atomic E-state index is 13.4. The maximum absolute atomic E-state index is 13.4. The van der Waals surface area contributed by atoms with Crippen molar-refractivity contribution in [1.29, 1.82) is 0 Å². The summed E-state index contributed by atoms with van der Waals surface area (Å²) in [7, 11) is 0. The van der Waals surface area contributed by atoms with E-state index in [-0.39, 0.29) is 5.82 Å². The summed E-state index contributed by atoms with van der Waals surface area (Å²) in [5, 5.41) is 0. The molecule has 16 heavy (non-hydrogen) atoms. The third-order valence-corrected chi connectivity index (χ3v) is 2.51. The monoisotopic (exact) mass is 212 g/mol. The molecule has 0 amide bonds. The van der Waals surface area contributed by atoms with E-state index in [4.69, 9.17) is 0 Å². The van der Waals surface area contributed by atoms with Crippen LogP contribution in [0.25, 0.3) is 22.4 Å². The van der Waals surface area contributed by atoms with Gasteiger partial charge in [-0.2, -0.15) is 0 Å². The third kappa shape index (κ3) is 1.37. The Hall–Kier alpha value is -2.16. The lowest BCUT2D eigenvalue weighted by molar-refractivity contribution is 0.637. The molecule has 3 aromatic rings. The number of halogens is 1. The van der Waals surface area contributed by atoms with E-state index in [1.165, 1.54) is 6.07 Å². The fraction of sp³-hybridized carbons (Fsp3) is 0. The second kappa shape index (κ2) is 3.45. The molecule has 0 bridgehead atoms. The molecule has 0 aliphatic rings. The van der Waals surface area contributed by atoms with Crippen LogP contribution in [-0.4, -0.2) is 9.97 Å². The number of nitrogens with zero attached hydrogens (tertiary/aromatic N) is 1. The van der Waals surface area contributed by atoms with Gasteiger partial charge in [-0.05, 0) is 12.1 Å². The predicted molar refractivity (Wildman–Crippen MR) is 61.5 cm³/mol. The van der Waals surface area contributed by atoms with Gasteiger partial charge in [-0.3, -0.25) is 0 Å². The van der Waals surface area contributed by atoms with Crippen LogP contribution in [-0.2, 0) is 0 Å². The standard InChI is InChI=1S/C13H9FN2/c14-10-7-4-8-11-12(10)16-13(15-11)9-5-2-1-3-6-9/h1-8H,(H,15,16). The number of nitrogens with one attached hydrogen (secondary N) is 1. The highest BCUT2D eigenvalue weighted by molar-refractivity contribution is 5.79. The van der Waals surface area contributed by atoms with Crippen molar-refractivity contribution in [3.8, 4) is 11.4 Å².